The number of hydrogen-bond donors (Lipinski definition) is 2. The monoisotopic (exact) mass is 445 g/mol. The molecule has 0 saturated carbocycles. The molecule has 2 amide bonds. The molecule has 0 atom stereocenters. The van der Waals surface area contributed by atoms with Crippen LogP contribution in [0.5, 0.6) is 0 Å². The molecule has 0 aromatic heterocycles. The fraction of sp³-hybridized carbons (Fsp3) is 0.391. The third kappa shape index (κ3) is 6.55. The first kappa shape index (κ1) is 24.4. The maximum absolute atomic E-state index is 12.8. The predicted octanol–water partition coefficient (Wildman–Crippen LogP) is 3.48. The van der Waals surface area contributed by atoms with Crippen LogP contribution in [-0.4, -0.2) is 43.8 Å². The Morgan fingerprint density at radius 1 is 1.00 bits per heavy atom. The summed E-state index contributed by atoms with van der Waals surface area (Å²) in [6.45, 7) is 11.4. The van der Waals surface area contributed by atoms with E-state index in [0.29, 0.717) is 17.8 Å². The molecule has 0 heterocycles. The van der Waals surface area contributed by atoms with Gasteiger partial charge in [0.1, 0.15) is 0 Å². The third-order valence-electron chi connectivity index (χ3n) is 4.78. The number of hydrogen-bond acceptors (Lipinski definition) is 4. The van der Waals surface area contributed by atoms with Crippen LogP contribution in [0.15, 0.2) is 47.4 Å². The Labute approximate surface area is 184 Å². The van der Waals surface area contributed by atoms with Gasteiger partial charge in [0.2, 0.25) is 5.91 Å². The van der Waals surface area contributed by atoms with Crippen LogP contribution in [0.1, 0.15) is 49.2 Å². The molecule has 2 aromatic carbocycles. The highest BCUT2D eigenvalue weighted by molar-refractivity contribution is 7.92. The molecular formula is C23H31N3O4S. The molecule has 0 unspecified atom stereocenters. The second-order valence-electron chi connectivity index (χ2n) is 8.49. The van der Waals surface area contributed by atoms with Crippen molar-refractivity contribution in [1.82, 2.24) is 10.2 Å². The van der Waals surface area contributed by atoms with E-state index in [9.17, 15) is 18.0 Å². The molecule has 2 rings (SSSR count). The van der Waals surface area contributed by atoms with Gasteiger partial charge in [-0.1, -0.05) is 12.1 Å². The summed E-state index contributed by atoms with van der Waals surface area (Å²) in [5.41, 5.74) is 2.28. The van der Waals surface area contributed by atoms with Gasteiger partial charge in [-0.25, -0.2) is 8.42 Å². The van der Waals surface area contributed by atoms with Crippen molar-refractivity contribution in [3.05, 3.63) is 59.2 Å². The molecule has 2 N–H and O–H groups in total. The smallest absolute Gasteiger partial charge is 0.261 e. The average Bonchev–Trinajstić information content (AvgIpc) is 2.68. The molecule has 0 radical (unpaired) electrons. The van der Waals surface area contributed by atoms with Crippen LogP contribution in [-0.2, 0) is 14.8 Å². The number of nitrogens with one attached hydrogen (secondary N) is 2. The van der Waals surface area contributed by atoms with Crippen molar-refractivity contribution in [2.45, 2.75) is 52.0 Å². The summed E-state index contributed by atoms with van der Waals surface area (Å²) in [5, 5.41) is 2.83. The Morgan fingerprint density at radius 3 is 2.16 bits per heavy atom. The van der Waals surface area contributed by atoms with E-state index in [1.54, 1.807) is 19.1 Å². The maximum atomic E-state index is 12.8. The minimum absolute atomic E-state index is 0.0541. The largest absolute Gasteiger partial charge is 0.350 e. The normalized spacial score (nSPS) is 11.7. The molecule has 0 aliphatic carbocycles. The predicted molar refractivity (Wildman–Crippen MR) is 123 cm³/mol. The highest BCUT2D eigenvalue weighted by Crippen LogP contribution is 2.22. The first-order valence-corrected chi connectivity index (χ1v) is 11.6. The summed E-state index contributed by atoms with van der Waals surface area (Å²) >= 11 is 0. The third-order valence-corrected chi connectivity index (χ3v) is 6.16. The van der Waals surface area contributed by atoms with Crippen LogP contribution in [0.3, 0.4) is 0 Å². The average molecular weight is 446 g/mol. The Kier molecular flexibility index (Phi) is 7.49. The molecule has 0 aliphatic heterocycles. The van der Waals surface area contributed by atoms with E-state index in [0.717, 1.165) is 11.1 Å². The van der Waals surface area contributed by atoms with Crippen molar-refractivity contribution in [3.8, 4) is 0 Å². The van der Waals surface area contributed by atoms with Crippen LogP contribution >= 0.6 is 0 Å². The SMILES string of the molecule is CCN(CC(=O)NC(C)(C)C)C(=O)c1ccc(S(=O)(=O)Nc2cccc(C)c2C)cc1. The van der Waals surface area contributed by atoms with Crippen molar-refractivity contribution in [2.75, 3.05) is 17.8 Å². The number of carbonyl (C=O) groups is 2. The topological polar surface area (TPSA) is 95.6 Å². The van der Waals surface area contributed by atoms with E-state index < -0.39 is 15.6 Å². The number of aryl methyl sites for hydroxylation is 1. The standard InChI is InChI=1S/C23H31N3O4S/c1-7-26(15-21(27)24-23(4,5)6)22(28)18-11-13-19(14-12-18)31(29,30)25-20-10-8-9-16(2)17(20)3/h8-14,25H,7,15H2,1-6H3,(H,24,27). The molecule has 168 valence electrons. The first-order valence-electron chi connectivity index (χ1n) is 10.1. The first-order chi connectivity index (χ1) is 14.3. The maximum Gasteiger partial charge on any atom is 0.261 e. The summed E-state index contributed by atoms with van der Waals surface area (Å²) in [7, 11) is -3.80. The van der Waals surface area contributed by atoms with Gasteiger partial charge in [-0.2, -0.15) is 0 Å². The number of anilines is 1. The summed E-state index contributed by atoms with van der Waals surface area (Å²) in [6.07, 6.45) is 0. The van der Waals surface area contributed by atoms with Crippen LogP contribution in [0.25, 0.3) is 0 Å². The summed E-state index contributed by atoms with van der Waals surface area (Å²) in [6, 6.07) is 11.1. The number of sulfonamides is 1. The van der Waals surface area contributed by atoms with Gasteiger partial charge in [-0.05, 0) is 83.0 Å². The van der Waals surface area contributed by atoms with Crippen molar-refractivity contribution >= 4 is 27.5 Å². The number of benzene rings is 2. The van der Waals surface area contributed by atoms with Crippen molar-refractivity contribution in [3.63, 3.8) is 0 Å². The van der Waals surface area contributed by atoms with Gasteiger partial charge in [0, 0.05) is 17.6 Å². The quantitative estimate of drug-likeness (QED) is 0.682. The van der Waals surface area contributed by atoms with Crippen LogP contribution < -0.4 is 10.0 Å². The van der Waals surface area contributed by atoms with Gasteiger partial charge in [0.15, 0.2) is 0 Å². The van der Waals surface area contributed by atoms with E-state index in [1.165, 1.54) is 29.2 Å². The second-order valence-corrected chi connectivity index (χ2v) is 10.2. The number of rotatable bonds is 7. The lowest BCUT2D eigenvalue weighted by Crippen LogP contribution is -2.47. The van der Waals surface area contributed by atoms with Crippen LogP contribution in [0, 0.1) is 13.8 Å². The van der Waals surface area contributed by atoms with Gasteiger partial charge < -0.3 is 10.2 Å². The molecule has 8 heteroatoms. The number of nitrogens with zero attached hydrogens (tertiary/aromatic N) is 1. The van der Waals surface area contributed by atoms with Crippen LogP contribution in [0.4, 0.5) is 5.69 Å². The highest BCUT2D eigenvalue weighted by atomic mass is 32.2. The molecular weight excluding hydrogens is 414 g/mol. The lowest BCUT2D eigenvalue weighted by Gasteiger charge is -2.25. The van der Waals surface area contributed by atoms with Gasteiger partial charge in [-0.3, -0.25) is 14.3 Å². The molecule has 0 bridgehead atoms. The van der Waals surface area contributed by atoms with E-state index >= 15 is 0 Å². The van der Waals surface area contributed by atoms with E-state index in [1.807, 2.05) is 40.7 Å². The van der Waals surface area contributed by atoms with Crippen LogP contribution in [0.2, 0.25) is 0 Å². The summed E-state index contributed by atoms with van der Waals surface area (Å²) in [4.78, 5) is 26.4. The van der Waals surface area contributed by atoms with Gasteiger partial charge in [-0.15, -0.1) is 0 Å². The molecule has 0 aliphatic rings. The number of carbonyl (C=O) groups excluding carboxylic acids is 2. The fourth-order valence-corrected chi connectivity index (χ4v) is 4.11. The molecule has 31 heavy (non-hydrogen) atoms. The second kappa shape index (κ2) is 9.51. The molecule has 7 nitrogen and oxygen atoms in total. The minimum atomic E-state index is -3.80. The summed E-state index contributed by atoms with van der Waals surface area (Å²) in [5.74, 6) is -0.586. The van der Waals surface area contributed by atoms with Crippen molar-refractivity contribution in [1.29, 1.82) is 0 Å². The number of amides is 2. The Balaban J connectivity index is 2.16. The van der Waals surface area contributed by atoms with E-state index in [4.69, 9.17) is 0 Å². The molecule has 0 fully saturated rings. The Hall–Kier alpha value is -2.87. The highest BCUT2D eigenvalue weighted by Gasteiger charge is 2.22. The van der Waals surface area contributed by atoms with Gasteiger partial charge in [0.05, 0.1) is 17.1 Å². The zero-order valence-electron chi connectivity index (χ0n) is 18.9. The number of likely N-dealkylation sites (N-methyl/N-ethyl adjacent to an activating group) is 1. The van der Waals surface area contributed by atoms with Gasteiger partial charge >= 0.3 is 0 Å². The zero-order valence-corrected chi connectivity index (χ0v) is 19.8. The lowest BCUT2D eigenvalue weighted by atomic mass is 10.1. The van der Waals surface area contributed by atoms with E-state index in [-0.39, 0.29) is 23.3 Å². The zero-order chi connectivity index (χ0) is 23.4. The Bertz CT molecular complexity index is 1060. The van der Waals surface area contributed by atoms with Gasteiger partial charge in [0.25, 0.3) is 15.9 Å². The van der Waals surface area contributed by atoms with Crippen molar-refractivity contribution in [2.24, 2.45) is 0 Å². The fourth-order valence-electron chi connectivity index (χ4n) is 2.98. The Morgan fingerprint density at radius 2 is 1.61 bits per heavy atom. The summed E-state index contributed by atoms with van der Waals surface area (Å²) < 4.78 is 28.1. The molecule has 2 aromatic rings. The van der Waals surface area contributed by atoms with Crippen molar-refractivity contribution < 1.29 is 18.0 Å². The van der Waals surface area contributed by atoms with E-state index in [2.05, 4.69) is 10.0 Å². The lowest BCUT2D eigenvalue weighted by molar-refractivity contribution is -0.123. The molecule has 0 saturated heterocycles. The minimum Gasteiger partial charge on any atom is -0.350 e. The molecule has 0 spiro atoms.